The van der Waals surface area contributed by atoms with E-state index >= 15 is 0 Å². The number of amides is 1. The van der Waals surface area contributed by atoms with Crippen LogP contribution in [-0.2, 0) is 11.2 Å². The number of hydrogen-bond acceptors (Lipinski definition) is 3. The van der Waals surface area contributed by atoms with Crippen LogP contribution in [0.4, 0.5) is 5.69 Å². The van der Waals surface area contributed by atoms with Crippen molar-refractivity contribution < 1.29 is 14.7 Å². The summed E-state index contributed by atoms with van der Waals surface area (Å²) in [6, 6.07) is 5.65. The number of fused-ring (bicyclic) bond motifs is 1. The van der Waals surface area contributed by atoms with Gasteiger partial charge in [-0.25, -0.2) is 0 Å². The summed E-state index contributed by atoms with van der Waals surface area (Å²) < 4.78 is 0. The molecule has 0 fully saturated rings. The quantitative estimate of drug-likeness (QED) is 0.767. The van der Waals surface area contributed by atoms with E-state index in [9.17, 15) is 9.59 Å². The summed E-state index contributed by atoms with van der Waals surface area (Å²) in [7, 11) is 0. The minimum atomic E-state index is -0.834. The normalized spacial score (nSPS) is 14.8. The highest BCUT2D eigenvalue weighted by Gasteiger charge is 2.14. The lowest BCUT2D eigenvalue weighted by Crippen LogP contribution is -2.27. The first-order valence-electron chi connectivity index (χ1n) is 6.95. The van der Waals surface area contributed by atoms with Crippen molar-refractivity contribution >= 4 is 17.6 Å². The minimum Gasteiger partial charge on any atom is -0.481 e. The molecule has 5 nitrogen and oxygen atoms in total. The summed E-state index contributed by atoms with van der Waals surface area (Å²) in [5, 5.41) is 14.8. The number of anilines is 1. The van der Waals surface area contributed by atoms with Crippen LogP contribution in [0.15, 0.2) is 18.2 Å². The summed E-state index contributed by atoms with van der Waals surface area (Å²) in [5.74, 6) is -1.42. The molecule has 1 aromatic carbocycles. The fraction of sp³-hybridized carbons (Fsp3) is 0.467. The number of carbonyl (C=O) groups excluding carboxylic acids is 1. The molecule has 1 aliphatic heterocycles. The molecular weight excluding hydrogens is 256 g/mol. The minimum absolute atomic E-state index is 0.143. The van der Waals surface area contributed by atoms with Crippen LogP contribution >= 0.6 is 0 Å². The van der Waals surface area contributed by atoms with Gasteiger partial charge in [-0.2, -0.15) is 0 Å². The van der Waals surface area contributed by atoms with Gasteiger partial charge in [0.15, 0.2) is 0 Å². The molecule has 0 aromatic heterocycles. The van der Waals surface area contributed by atoms with Crippen molar-refractivity contribution in [3.63, 3.8) is 0 Å². The predicted octanol–water partition coefficient (Wildman–Crippen LogP) is 1.89. The third kappa shape index (κ3) is 3.50. The molecule has 1 aromatic rings. The van der Waals surface area contributed by atoms with Gasteiger partial charge in [0.25, 0.3) is 5.91 Å². The zero-order valence-electron chi connectivity index (χ0n) is 11.6. The van der Waals surface area contributed by atoms with E-state index in [1.54, 1.807) is 13.0 Å². The Labute approximate surface area is 118 Å². The van der Waals surface area contributed by atoms with Gasteiger partial charge >= 0.3 is 5.97 Å². The number of nitrogens with one attached hydrogen (secondary N) is 2. The molecular formula is C15H20N2O3. The molecule has 108 valence electrons. The summed E-state index contributed by atoms with van der Waals surface area (Å²) in [5.41, 5.74) is 2.91. The van der Waals surface area contributed by atoms with E-state index in [0.717, 1.165) is 25.1 Å². The van der Waals surface area contributed by atoms with Crippen molar-refractivity contribution in [2.45, 2.75) is 26.2 Å². The van der Waals surface area contributed by atoms with Crippen molar-refractivity contribution in [2.75, 3.05) is 18.4 Å². The van der Waals surface area contributed by atoms with Crippen molar-refractivity contribution in [1.29, 1.82) is 0 Å². The zero-order chi connectivity index (χ0) is 14.5. The molecule has 0 aliphatic carbocycles. The van der Waals surface area contributed by atoms with E-state index in [-0.39, 0.29) is 5.91 Å². The summed E-state index contributed by atoms with van der Waals surface area (Å²) in [6.07, 6.45) is 2.50. The summed E-state index contributed by atoms with van der Waals surface area (Å²) in [6.45, 7) is 2.99. The largest absolute Gasteiger partial charge is 0.481 e. The van der Waals surface area contributed by atoms with Crippen LogP contribution in [0.5, 0.6) is 0 Å². The van der Waals surface area contributed by atoms with Gasteiger partial charge in [0.2, 0.25) is 0 Å². The SMILES string of the molecule is CC(CCNC(=O)c1ccc2c(c1)CCCN2)C(=O)O. The second-order valence-electron chi connectivity index (χ2n) is 5.19. The number of carboxylic acids is 1. The van der Waals surface area contributed by atoms with Gasteiger partial charge in [-0.15, -0.1) is 0 Å². The monoisotopic (exact) mass is 276 g/mol. The van der Waals surface area contributed by atoms with Crippen LogP contribution < -0.4 is 10.6 Å². The van der Waals surface area contributed by atoms with Crippen LogP contribution in [0.2, 0.25) is 0 Å². The molecule has 0 saturated carbocycles. The number of carbonyl (C=O) groups is 2. The third-order valence-corrected chi connectivity index (χ3v) is 3.59. The highest BCUT2D eigenvalue weighted by atomic mass is 16.4. The number of carboxylic acid groups (broad SMARTS) is 1. The molecule has 0 radical (unpaired) electrons. The standard InChI is InChI=1S/C15H20N2O3/c1-10(15(19)20)6-8-17-14(18)12-4-5-13-11(9-12)3-2-7-16-13/h4-5,9-10,16H,2-3,6-8H2,1H3,(H,17,18)(H,19,20). The van der Waals surface area contributed by atoms with Crippen LogP contribution in [0.3, 0.4) is 0 Å². The number of benzene rings is 1. The first kappa shape index (κ1) is 14.4. The molecule has 0 saturated heterocycles. The predicted molar refractivity (Wildman–Crippen MR) is 77.0 cm³/mol. The van der Waals surface area contributed by atoms with Gasteiger partial charge in [-0.05, 0) is 43.0 Å². The van der Waals surface area contributed by atoms with Gasteiger partial charge < -0.3 is 15.7 Å². The van der Waals surface area contributed by atoms with Crippen LogP contribution in [0.25, 0.3) is 0 Å². The van der Waals surface area contributed by atoms with Gasteiger partial charge in [0.1, 0.15) is 0 Å². The van der Waals surface area contributed by atoms with E-state index < -0.39 is 11.9 Å². The lowest BCUT2D eigenvalue weighted by molar-refractivity contribution is -0.141. The molecule has 5 heteroatoms. The average molecular weight is 276 g/mol. The Bertz CT molecular complexity index is 514. The Kier molecular flexibility index (Phi) is 4.61. The van der Waals surface area contributed by atoms with Crippen molar-refractivity contribution in [3.05, 3.63) is 29.3 Å². The smallest absolute Gasteiger partial charge is 0.306 e. The van der Waals surface area contributed by atoms with Crippen molar-refractivity contribution in [3.8, 4) is 0 Å². The number of rotatable bonds is 5. The molecule has 1 heterocycles. The fourth-order valence-corrected chi connectivity index (χ4v) is 2.24. The lowest BCUT2D eigenvalue weighted by atomic mass is 10.0. The topological polar surface area (TPSA) is 78.4 Å². The lowest BCUT2D eigenvalue weighted by Gasteiger charge is -2.18. The Hall–Kier alpha value is -2.04. The molecule has 0 spiro atoms. The Balaban J connectivity index is 1.91. The van der Waals surface area contributed by atoms with Crippen LogP contribution in [-0.4, -0.2) is 30.1 Å². The highest BCUT2D eigenvalue weighted by molar-refractivity contribution is 5.95. The fourth-order valence-electron chi connectivity index (χ4n) is 2.24. The summed E-state index contributed by atoms with van der Waals surface area (Å²) in [4.78, 5) is 22.7. The maximum absolute atomic E-state index is 12.0. The number of hydrogen-bond donors (Lipinski definition) is 3. The zero-order valence-corrected chi connectivity index (χ0v) is 11.6. The first-order valence-corrected chi connectivity index (χ1v) is 6.95. The van der Waals surface area contributed by atoms with Crippen molar-refractivity contribution in [1.82, 2.24) is 5.32 Å². The van der Waals surface area contributed by atoms with Gasteiger partial charge in [-0.3, -0.25) is 9.59 Å². The van der Waals surface area contributed by atoms with Gasteiger partial charge in [-0.1, -0.05) is 6.92 Å². The molecule has 3 N–H and O–H groups in total. The number of aryl methyl sites for hydroxylation is 1. The average Bonchev–Trinajstić information content (AvgIpc) is 2.46. The Morgan fingerprint density at radius 1 is 1.45 bits per heavy atom. The molecule has 1 unspecified atom stereocenters. The second-order valence-corrected chi connectivity index (χ2v) is 5.19. The number of aliphatic carboxylic acids is 1. The Morgan fingerprint density at radius 3 is 3.00 bits per heavy atom. The second kappa shape index (κ2) is 6.41. The molecule has 0 bridgehead atoms. The first-order chi connectivity index (χ1) is 9.58. The van der Waals surface area contributed by atoms with Crippen molar-refractivity contribution in [2.24, 2.45) is 5.92 Å². The van der Waals surface area contributed by atoms with Gasteiger partial charge in [0, 0.05) is 24.3 Å². The maximum Gasteiger partial charge on any atom is 0.306 e. The van der Waals surface area contributed by atoms with E-state index in [1.807, 2.05) is 12.1 Å². The van der Waals surface area contributed by atoms with Gasteiger partial charge in [0.05, 0.1) is 5.92 Å². The van der Waals surface area contributed by atoms with E-state index in [4.69, 9.17) is 5.11 Å². The van der Waals surface area contributed by atoms with Crippen LogP contribution in [0.1, 0.15) is 35.7 Å². The van der Waals surface area contributed by atoms with E-state index in [0.29, 0.717) is 18.5 Å². The Morgan fingerprint density at radius 2 is 2.25 bits per heavy atom. The molecule has 1 atom stereocenters. The summed E-state index contributed by atoms with van der Waals surface area (Å²) >= 11 is 0. The highest BCUT2D eigenvalue weighted by Crippen LogP contribution is 2.22. The maximum atomic E-state index is 12.0. The molecule has 20 heavy (non-hydrogen) atoms. The van der Waals surface area contributed by atoms with E-state index in [2.05, 4.69) is 10.6 Å². The van der Waals surface area contributed by atoms with Crippen LogP contribution in [0, 0.1) is 5.92 Å². The molecule has 2 rings (SSSR count). The molecule has 1 amide bonds. The van der Waals surface area contributed by atoms with E-state index in [1.165, 1.54) is 5.56 Å². The molecule has 1 aliphatic rings. The third-order valence-electron chi connectivity index (χ3n) is 3.59.